The van der Waals surface area contributed by atoms with Crippen LogP contribution in [0, 0.1) is 0 Å². The van der Waals surface area contributed by atoms with E-state index in [1.165, 1.54) is 7.11 Å². The van der Waals surface area contributed by atoms with Crippen LogP contribution in [-0.2, 0) is 9.53 Å². The van der Waals surface area contributed by atoms with Crippen molar-refractivity contribution in [1.82, 2.24) is 0 Å². The maximum absolute atomic E-state index is 11.1. The van der Waals surface area contributed by atoms with Crippen LogP contribution in [0.4, 0.5) is 0 Å². The molecule has 1 heterocycles. The Kier molecular flexibility index (Phi) is 2.33. The second-order valence-electron chi connectivity index (χ2n) is 2.66. The van der Waals surface area contributed by atoms with Crippen LogP contribution >= 0.6 is 15.9 Å². The minimum Gasteiger partial charge on any atom is -0.463 e. The molecular weight excluding hydrogens is 252 g/mol. The molecule has 0 spiro atoms. The lowest BCUT2D eigenvalue weighted by molar-refractivity contribution is -0.158. The molecule has 74 valence electrons. The molecule has 0 saturated carbocycles. The average molecular weight is 259 g/mol. The molecule has 1 aliphatic heterocycles. The molecular formula is C9H7BrO4. The van der Waals surface area contributed by atoms with Crippen molar-refractivity contribution in [3.05, 3.63) is 22.7 Å². The van der Waals surface area contributed by atoms with E-state index in [-0.39, 0.29) is 0 Å². The summed E-state index contributed by atoms with van der Waals surface area (Å²) < 4.78 is 15.7. The Morgan fingerprint density at radius 3 is 2.93 bits per heavy atom. The topological polar surface area (TPSA) is 44.8 Å². The van der Waals surface area contributed by atoms with Crippen molar-refractivity contribution in [3.8, 4) is 11.5 Å². The van der Waals surface area contributed by atoms with Gasteiger partial charge in [0.15, 0.2) is 11.5 Å². The molecule has 0 amide bonds. The molecule has 0 N–H and O–H groups in total. The van der Waals surface area contributed by atoms with Crippen molar-refractivity contribution >= 4 is 21.9 Å². The van der Waals surface area contributed by atoms with Gasteiger partial charge in [-0.2, -0.15) is 0 Å². The number of hydrogen-bond acceptors (Lipinski definition) is 4. The number of esters is 1. The first-order valence-electron chi connectivity index (χ1n) is 3.92. The molecule has 4 nitrogen and oxygen atoms in total. The number of benzene rings is 1. The summed E-state index contributed by atoms with van der Waals surface area (Å²) in [5, 5.41) is 0. The number of para-hydroxylation sites is 1. The summed E-state index contributed by atoms with van der Waals surface area (Å²) in [6.45, 7) is 0. The molecule has 0 saturated heterocycles. The number of fused-ring (bicyclic) bond motifs is 1. The highest BCUT2D eigenvalue weighted by molar-refractivity contribution is 9.10. The van der Waals surface area contributed by atoms with Crippen LogP contribution in [0.2, 0.25) is 0 Å². The number of ether oxygens (including phenoxy) is 3. The van der Waals surface area contributed by atoms with Crippen molar-refractivity contribution in [3.63, 3.8) is 0 Å². The van der Waals surface area contributed by atoms with Gasteiger partial charge in [0.05, 0.1) is 11.6 Å². The predicted octanol–water partition coefficient (Wildman–Crippen LogP) is 1.72. The molecule has 1 atom stereocenters. The van der Waals surface area contributed by atoms with E-state index in [4.69, 9.17) is 9.47 Å². The summed E-state index contributed by atoms with van der Waals surface area (Å²) in [6.07, 6.45) is -0.992. The van der Waals surface area contributed by atoms with E-state index in [2.05, 4.69) is 20.7 Å². The van der Waals surface area contributed by atoms with Gasteiger partial charge in [-0.25, -0.2) is 4.79 Å². The zero-order valence-corrected chi connectivity index (χ0v) is 8.91. The van der Waals surface area contributed by atoms with Gasteiger partial charge >= 0.3 is 12.3 Å². The Morgan fingerprint density at radius 1 is 1.50 bits per heavy atom. The van der Waals surface area contributed by atoms with Gasteiger partial charge in [0.2, 0.25) is 0 Å². The van der Waals surface area contributed by atoms with Crippen molar-refractivity contribution in [2.45, 2.75) is 6.29 Å². The number of hydrogen-bond donors (Lipinski definition) is 0. The van der Waals surface area contributed by atoms with Crippen LogP contribution in [0.1, 0.15) is 0 Å². The van der Waals surface area contributed by atoms with Crippen molar-refractivity contribution in [2.75, 3.05) is 7.11 Å². The fourth-order valence-electron chi connectivity index (χ4n) is 1.14. The molecule has 2 rings (SSSR count). The monoisotopic (exact) mass is 258 g/mol. The lowest BCUT2D eigenvalue weighted by Crippen LogP contribution is -2.30. The quantitative estimate of drug-likeness (QED) is 0.720. The Balaban J connectivity index is 2.26. The highest BCUT2D eigenvalue weighted by atomic mass is 79.9. The molecule has 1 aromatic rings. The Morgan fingerprint density at radius 2 is 2.29 bits per heavy atom. The third kappa shape index (κ3) is 1.43. The smallest absolute Gasteiger partial charge is 0.389 e. The van der Waals surface area contributed by atoms with E-state index in [1.807, 2.05) is 6.07 Å². The summed E-state index contributed by atoms with van der Waals surface area (Å²) in [5.41, 5.74) is 0. The van der Waals surface area contributed by atoms with Crippen LogP contribution < -0.4 is 9.47 Å². The highest BCUT2D eigenvalue weighted by Crippen LogP contribution is 2.40. The minimum atomic E-state index is -0.992. The molecule has 1 aromatic carbocycles. The third-order valence-corrected chi connectivity index (χ3v) is 2.41. The molecule has 14 heavy (non-hydrogen) atoms. The molecule has 0 fully saturated rings. The van der Waals surface area contributed by atoms with Crippen LogP contribution in [0.3, 0.4) is 0 Å². The molecule has 0 bridgehead atoms. The number of carbonyl (C=O) groups is 1. The van der Waals surface area contributed by atoms with Crippen LogP contribution in [0.15, 0.2) is 22.7 Å². The second kappa shape index (κ2) is 3.49. The minimum absolute atomic E-state index is 0.530. The molecule has 1 unspecified atom stereocenters. The van der Waals surface area contributed by atoms with Gasteiger partial charge in [-0.1, -0.05) is 6.07 Å². The van der Waals surface area contributed by atoms with Gasteiger partial charge in [0.1, 0.15) is 0 Å². The molecule has 5 heteroatoms. The zero-order chi connectivity index (χ0) is 10.1. The number of halogens is 1. The largest absolute Gasteiger partial charge is 0.463 e. The Labute approximate surface area is 88.9 Å². The predicted molar refractivity (Wildman–Crippen MR) is 51.2 cm³/mol. The van der Waals surface area contributed by atoms with E-state index < -0.39 is 12.3 Å². The zero-order valence-electron chi connectivity index (χ0n) is 7.32. The number of carbonyl (C=O) groups excluding carboxylic acids is 1. The number of methoxy groups -OCH3 is 1. The van der Waals surface area contributed by atoms with Gasteiger partial charge in [0, 0.05) is 0 Å². The van der Waals surface area contributed by atoms with Crippen molar-refractivity contribution < 1.29 is 19.0 Å². The first-order chi connectivity index (χ1) is 6.72. The van der Waals surface area contributed by atoms with Gasteiger partial charge in [-0.05, 0) is 28.1 Å². The van der Waals surface area contributed by atoms with Gasteiger partial charge < -0.3 is 14.2 Å². The maximum Gasteiger partial charge on any atom is 0.389 e. The van der Waals surface area contributed by atoms with Gasteiger partial charge in [0.25, 0.3) is 0 Å². The standard InChI is InChI=1S/C9H7BrO4/c1-12-8(11)9-13-6-4-2-3-5(10)7(6)14-9/h2-4,9H,1H3. The summed E-state index contributed by atoms with van der Waals surface area (Å²) in [5.74, 6) is 0.519. The normalized spacial score (nSPS) is 18.0. The summed E-state index contributed by atoms with van der Waals surface area (Å²) in [4.78, 5) is 11.1. The fraction of sp³-hybridized carbons (Fsp3) is 0.222. The van der Waals surface area contributed by atoms with Gasteiger partial charge in [-0.3, -0.25) is 0 Å². The number of rotatable bonds is 1. The first kappa shape index (κ1) is 9.33. The van der Waals surface area contributed by atoms with Gasteiger partial charge in [-0.15, -0.1) is 0 Å². The highest BCUT2D eigenvalue weighted by Gasteiger charge is 2.32. The van der Waals surface area contributed by atoms with Crippen LogP contribution in [-0.4, -0.2) is 19.4 Å². The lowest BCUT2D eigenvalue weighted by Gasteiger charge is -2.06. The first-order valence-corrected chi connectivity index (χ1v) is 4.71. The maximum atomic E-state index is 11.1. The summed E-state index contributed by atoms with van der Waals surface area (Å²) >= 11 is 3.29. The van der Waals surface area contributed by atoms with E-state index in [9.17, 15) is 4.79 Å². The lowest BCUT2D eigenvalue weighted by atomic mass is 10.3. The van der Waals surface area contributed by atoms with Crippen molar-refractivity contribution in [2.24, 2.45) is 0 Å². The van der Waals surface area contributed by atoms with E-state index in [0.29, 0.717) is 11.5 Å². The average Bonchev–Trinajstić information content (AvgIpc) is 2.62. The molecule has 0 radical (unpaired) electrons. The Bertz CT molecular complexity index is 377. The second-order valence-corrected chi connectivity index (χ2v) is 3.51. The van der Waals surface area contributed by atoms with E-state index >= 15 is 0 Å². The van der Waals surface area contributed by atoms with E-state index in [0.717, 1.165) is 4.47 Å². The third-order valence-electron chi connectivity index (χ3n) is 1.78. The summed E-state index contributed by atoms with van der Waals surface area (Å²) in [7, 11) is 1.28. The molecule has 0 aromatic heterocycles. The van der Waals surface area contributed by atoms with Crippen molar-refractivity contribution in [1.29, 1.82) is 0 Å². The van der Waals surface area contributed by atoms with Crippen LogP contribution in [0.5, 0.6) is 11.5 Å². The van der Waals surface area contributed by atoms with Crippen LogP contribution in [0.25, 0.3) is 0 Å². The molecule has 1 aliphatic rings. The fourth-order valence-corrected chi connectivity index (χ4v) is 1.58. The molecule has 0 aliphatic carbocycles. The SMILES string of the molecule is COC(=O)C1Oc2cccc(Br)c2O1. The summed E-state index contributed by atoms with van der Waals surface area (Å²) in [6, 6.07) is 5.33. The van der Waals surface area contributed by atoms with E-state index in [1.54, 1.807) is 12.1 Å². The Hall–Kier alpha value is -1.23.